The molecule has 1 aromatic rings. The maximum atomic E-state index is 5.46. The molecular formula is C12H17O2Ti. The van der Waals surface area contributed by atoms with E-state index in [1.165, 1.54) is 5.56 Å². The van der Waals surface area contributed by atoms with E-state index >= 15 is 0 Å². The van der Waals surface area contributed by atoms with Crippen LogP contribution in [0.4, 0.5) is 0 Å². The second-order valence-electron chi connectivity index (χ2n) is 3.42. The molecular weight excluding hydrogens is 224 g/mol. The van der Waals surface area contributed by atoms with Crippen LogP contribution in [0.1, 0.15) is 16.7 Å². The van der Waals surface area contributed by atoms with E-state index in [-0.39, 0.29) is 4.22 Å². The Bertz CT molecular complexity index is 307. The summed E-state index contributed by atoms with van der Waals surface area (Å²) in [5, 5.41) is 0. The summed E-state index contributed by atoms with van der Waals surface area (Å²) in [6.45, 7) is 6.06. The molecule has 1 atom stereocenters. The van der Waals surface area contributed by atoms with Gasteiger partial charge in [0, 0.05) is 0 Å². The minimum absolute atomic E-state index is 0.251. The minimum atomic E-state index is -1.97. The van der Waals surface area contributed by atoms with Crippen LogP contribution in [-0.4, -0.2) is 14.2 Å². The fourth-order valence-corrected chi connectivity index (χ4v) is 3.94. The standard InChI is InChI=1S/C10H11.2CH3O.Ti/c1-9(2)8-10-6-4-3-5-7-10;2*1-2;/h3-8H,1H2,2H3;2*1H3;/q;2*-1;+2. The van der Waals surface area contributed by atoms with Crippen molar-refractivity contribution < 1.29 is 25.3 Å². The van der Waals surface area contributed by atoms with Crippen molar-refractivity contribution >= 4 is 0 Å². The van der Waals surface area contributed by atoms with Gasteiger partial charge in [-0.25, -0.2) is 0 Å². The molecule has 0 N–H and O–H groups in total. The molecule has 0 saturated heterocycles. The van der Waals surface area contributed by atoms with Crippen molar-refractivity contribution in [3.63, 3.8) is 0 Å². The zero-order valence-electron chi connectivity index (χ0n) is 9.49. The summed E-state index contributed by atoms with van der Waals surface area (Å²) >= 11 is -1.97. The summed E-state index contributed by atoms with van der Waals surface area (Å²) in [6.07, 6.45) is 0. The summed E-state index contributed by atoms with van der Waals surface area (Å²) in [4.78, 5) is 0. The molecule has 15 heavy (non-hydrogen) atoms. The van der Waals surface area contributed by atoms with Crippen molar-refractivity contribution in [1.82, 2.24) is 0 Å². The van der Waals surface area contributed by atoms with E-state index < -0.39 is 18.6 Å². The van der Waals surface area contributed by atoms with Gasteiger partial charge in [-0.1, -0.05) is 0 Å². The topological polar surface area (TPSA) is 18.5 Å². The van der Waals surface area contributed by atoms with Crippen molar-refractivity contribution in [3.05, 3.63) is 48.0 Å². The summed E-state index contributed by atoms with van der Waals surface area (Å²) in [5.41, 5.74) is 2.35. The van der Waals surface area contributed by atoms with Crippen molar-refractivity contribution in [2.45, 2.75) is 11.1 Å². The molecule has 0 aromatic heterocycles. The molecule has 0 radical (unpaired) electrons. The fourth-order valence-electron chi connectivity index (χ4n) is 1.59. The Morgan fingerprint density at radius 1 is 1.20 bits per heavy atom. The van der Waals surface area contributed by atoms with Crippen molar-refractivity contribution in [2.75, 3.05) is 14.2 Å². The third-order valence-corrected chi connectivity index (χ3v) is 5.55. The van der Waals surface area contributed by atoms with E-state index in [9.17, 15) is 0 Å². The molecule has 3 heteroatoms. The molecule has 81 valence electrons. The molecule has 2 nitrogen and oxygen atoms in total. The normalized spacial score (nSPS) is 12.2. The first-order chi connectivity index (χ1) is 7.20. The van der Waals surface area contributed by atoms with Crippen LogP contribution in [0.15, 0.2) is 42.5 Å². The number of benzene rings is 1. The zero-order valence-corrected chi connectivity index (χ0v) is 11.0. The molecule has 0 saturated carbocycles. The fraction of sp³-hybridized carbons (Fsp3) is 0.333. The first-order valence-electron chi connectivity index (χ1n) is 4.86. The number of rotatable bonds is 5. The Morgan fingerprint density at radius 2 is 1.73 bits per heavy atom. The van der Waals surface area contributed by atoms with Crippen LogP contribution in [0, 0.1) is 0 Å². The predicted molar refractivity (Wildman–Crippen MR) is 58.0 cm³/mol. The van der Waals surface area contributed by atoms with Gasteiger partial charge in [0.05, 0.1) is 0 Å². The third kappa shape index (κ3) is 3.28. The second-order valence-corrected chi connectivity index (χ2v) is 6.59. The van der Waals surface area contributed by atoms with Gasteiger partial charge in [0.1, 0.15) is 0 Å². The van der Waals surface area contributed by atoms with E-state index in [2.05, 4.69) is 18.7 Å². The van der Waals surface area contributed by atoms with Gasteiger partial charge < -0.3 is 0 Å². The molecule has 1 unspecified atom stereocenters. The number of hydrogen-bond donors (Lipinski definition) is 0. The van der Waals surface area contributed by atoms with Gasteiger partial charge in [-0.05, 0) is 0 Å². The first-order valence-corrected chi connectivity index (χ1v) is 7.03. The molecule has 0 amide bonds. The van der Waals surface area contributed by atoms with Gasteiger partial charge in [0.25, 0.3) is 0 Å². The molecule has 0 fully saturated rings. The second kappa shape index (κ2) is 6.24. The quantitative estimate of drug-likeness (QED) is 0.582. The Labute approximate surface area is 98.7 Å². The maximum absolute atomic E-state index is 5.46. The van der Waals surface area contributed by atoms with Crippen LogP contribution in [0.3, 0.4) is 0 Å². The summed E-state index contributed by atoms with van der Waals surface area (Å²) in [5.74, 6) is 0. The Hall–Kier alpha value is -0.406. The van der Waals surface area contributed by atoms with Gasteiger partial charge in [0.15, 0.2) is 0 Å². The average molecular weight is 241 g/mol. The Kier molecular flexibility index (Phi) is 5.26. The van der Waals surface area contributed by atoms with Gasteiger partial charge >= 0.3 is 98.7 Å². The zero-order chi connectivity index (χ0) is 11.3. The Morgan fingerprint density at radius 3 is 2.13 bits per heavy atom. The number of hydrogen-bond acceptors (Lipinski definition) is 2. The van der Waals surface area contributed by atoms with Gasteiger partial charge in [-0.2, -0.15) is 0 Å². The molecule has 0 bridgehead atoms. The third-order valence-electron chi connectivity index (χ3n) is 2.26. The molecule has 0 spiro atoms. The van der Waals surface area contributed by atoms with Crippen LogP contribution >= 0.6 is 0 Å². The van der Waals surface area contributed by atoms with E-state index in [0.29, 0.717) is 0 Å². The molecule has 0 aliphatic heterocycles. The molecule has 1 rings (SSSR count). The number of allylic oxidation sites excluding steroid dienone is 1. The van der Waals surface area contributed by atoms with Gasteiger partial charge in [-0.15, -0.1) is 0 Å². The monoisotopic (exact) mass is 241 g/mol. The first kappa shape index (κ1) is 12.7. The van der Waals surface area contributed by atoms with Gasteiger partial charge in [-0.3, -0.25) is 0 Å². The van der Waals surface area contributed by atoms with Crippen molar-refractivity contribution in [3.8, 4) is 0 Å². The average Bonchev–Trinajstić information content (AvgIpc) is 2.26. The molecule has 0 aliphatic carbocycles. The van der Waals surface area contributed by atoms with E-state index in [4.69, 9.17) is 6.64 Å². The van der Waals surface area contributed by atoms with E-state index in [1.54, 1.807) is 14.2 Å². The van der Waals surface area contributed by atoms with E-state index in [1.807, 2.05) is 25.1 Å². The van der Waals surface area contributed by atoms with E-state index in [0.717, 1.165) is 5.57 Å². The Balaban J connectivity index is 2.97. The molecule has 0 aliphatic rings. The summed E-state index contributed by atoms with van der Waals surface area (Å²) in [6, 6.07) is 10.3. The molecule has 1 aromatic carbocycles. The van der Waals surface area contributed by atoms with Crippen LogP contribution < -0.4 is 0 Å². The van der Waals surface area contributed by atoms with Crippen LogP contribution in [0.25, 0.3) is 0 Å². The van der Waals surface area contributed by atoms with Crippen molar-refractivity contribution in [1.29, 1.82) is 0 Å². The van der Waals surface area contributed by atoms with Crippen LogP contribution in [0.5, 0.6) is 0 Å². The summed E-state index contributed by atoms with van der Waals surface area (Å²) < 4.78 is 11.2. The van der Waals surface area contributed by atoms with Crippen LogP contribution in [0.2, 0.25) is 0 Å². The van der Waals surface area contributed by atoms with Gasteiger partial charge in [0.2, 0.25) is 0 Å². The SMILES string of the molecule is C=C(C)[CH](c1ccccc1)[Ti]([O]C)[O]C. The summed E-state index contributed by atoms with van der Waals surface area (Å²) in [7, 11) is 3.44. The molecule has 0 heterocycles. The predicted octanol–water partition coefficient (Wildman–Crippen LogP) is 3.04. The van der Waals surface area contributed by atoms with Crippen LogP contribution in [-0.2, 0) is 25.3 Å². The van der Waals surface area contributed by atoms with Crippen molar-refractivity contribution in [2.24, 2.45) is 0 Å².